The molecule has 2 fully saturated rings. The molecule has 15 heavy (non-hydrogen) atoms. The summed E-state index contributed by atoms with van der Waals surface area (Å²) in [6.07, 6.45) is 5.63. The fourth-order valence-corrected chi connectivity index (χ4v) is 3.37. The third kappa shape index (κ3) is 1.12. The van der Waals surface area contributed by atoms with Gasteiger partial charge < -0.3 is 15.9 Å². The first kappa shape index (κ1) is 11.4. The van der Waals surface area contributed by atoms with E-state index in [4.69, 9.17) is 5.73 Å². The standard InChI is InChI=1S/C12H23NO2/c1-3-5-7-10(14)9-11(15,8-6-4-2)12(9,10)13/h9,14-15H,3-8,13H2,1-2H3. The van der Waals surface area contributed by atoms with Gasteiger partial charge in [-0.3, -0.25) is 0 Å². The van der Waals surface area contributed by atoms with Crippen molar-refractivity contribution in [3.63, 3.8) is 0 Å². The topological polar surface area (TPSA) is 66.5 Å². The second kappa shape index (κ2) is 3.19. The predicted molar refractivity (Wildman–Crippen MR) is 59.4 cm³/mol. The summed E-state index contributed by atoms with van der Waals surface area (Å²) in [7, 11) is 0. The molecule has 2 saturated carbocycles. The SMILES string of the molecule is CCCCC1(O)C2C(O)(CCCC)C21N. The third-order valence-corrected chi connectivity index (χ3v) is 4.50. The van der Waals surface area contributed by atoms with Crippen LogP contribution in [0, 0.1) is 5.92 Å². The molecule has 2 atom stereocenters. The van der Waals surface area contributed by atoms with Crippen LogP contribution in [0.1, 0.15) is 52.4 Å². The van der Waals surface area contributed by atoms with Crippen molar-refractivity contribution in [3.05, 3.63) is 0 Å². The van der Waals surface area contributed by atoms with E-state index in [-0.39, 0.29) is 5.92 Å². The summed E-state index contributed by atoms with van der Waals surface area (Å²) in [5.74, 6) is -0.0457. The molecule has 3 heteroatoms. The monoisotopic (exact) mass is 213 g/mol. The largest absolute Gasteiger partial charge is 0.387 e. The Morgan fingerprint density at radius 2 is 1.33 bits per heavy atom. The van der Waals surface area contributed by atoms with Crippen LogP contribution in [0.25, 0.3) is 0 Å². The van der Waals surface area contributed by atoms with E-state index in [2.05, 4.69) is 13.8 Å². The molecule has 0 aromatic heterocycles. The molecule has 2 aliphatic carbocycles. The minimum atomic E-state index is -0.745. The molecule has 0 spiro atoms. The molecule has 0 amide bonds. The molecule has 0 heterocycles. The first-order valence-electron chi connectivity index (χ1n) is 6.22. The fourth-order valence-electron chi connectivity index (χ4n) is 3.37. The Bertz CT molecular complexity index is 246. The summed E-state index contributed by atoms with van der Waals surface area (Å²) in [6.45, 7) is 4.20. The van der Waals surface area contributed by atoms with E-state index in [1.165, 1.54) is 0 Å². The van der Waals surface area contributed by atoms with Gasteiger partial charge in [0.1, 0.15) is 0 Å². The predicted octanol–water partition coefficient (Wildman–Crippen LogP) is 1.17. The van der Waals surface area contributed by atoms with Gasteiger partial charge in [-0.15, -0.1) is 0 Å². The van der Waals surface area contributed by atoms with Crippen molar-refractivity contribution in [2.45, 2.75) is 69.1 Å². The van der Waals surface area contributed by atoms with Crippen molar-refractivity contribution >= 4 is 0 Å². The minimum absolute atomic E-state index is 0.0457. The first-order chi connectivity index (χ1) is 6.99. The number of hydrogen-bond donors (Lipinski definition) is 3. The first-order valence-corrected chi connectivity index (χ1v) is 6.22. The summed E-state index contributed by atoms with van der Waals surface area (Å²) in [5.41, 5.74) is 3.93. The van der Waals surface area contributed by atoms with Crippen molar-refractivity contribution in [1.82, 2.24) is 0 Å². The molecule has 0 aromatic carbocycles. The van der Waals surface area contributed by atoms with E-state index in [1.807, 2.05) is 0 Å². The van der Waals surface area contributed by atoms with Gasteiger partial charge in [0.15, 0.2) is 0 Å². The van der Waals surface area contributed by atoms with E-state index < -0.39 is 16.7 Å². The number of rotatable bonds is 6. The fraction of sp³-hybridized carbons (Fsp3) is 1.00. The molecule has 0 aliphatic heterocycles. The van der Waals surface area contributed by atoms with Crippen molar-refractivity contribution in [3.8, 4) is 0 Å². The normalized spacial score (nSPS) is 51.4. The van der Waals surface area contributed by atoms with Gasteiger partial charge in [0.05, 0.1) is 16.7 Å². The maximum Gasteiger partial charge on any atom is 0.0935 e. The zero-order valence-corrected chi connectivity index (χ0v) is 9.79. The average molecular weight is 213 g/mol. The minimum Gasteiger partial charge on any atom is -0.387 e. The second-order valence-electron chi connectivity index (χ2n) is 5.36. The van der Waals surface area contributed by atoms with Gasteiger partial charge in [-0.05, 0) is 12.8 Å². The van der Waals surface area contributed by atoms with Crippen LogP contribution in [0.2, 0.25) is 0 Å². The summed E-state index contributed by atoms with van der Waals surface area (Å²) in [4.78, 5) is 0. The summed E-state index contributed by atoms with van der Waals surface area (Å²) in [5, 5.41) is 20.4. The molecule has 0 radical (unpaired) electrons. The Hall–Kier alpha value is -0.120. The summed E-state index contributed by atoms with van der Waals surface area (Å²) >= 11 is 0. The van der Waals surface area contributed by atoms with Crippen molar-refractivity contribution in [2.75, 3.05) is 0 Å². The number of hydrogen-bond acceptors (Lipinski definition) is 3. The molecule has 4 N–H and O–H groups in total. The van der Waals surface area contributed by atoms with Gasteiger partial charge in [-0.1, -0.05) is 39.5 Å². The van der Waals surface area contributed by atoms with Crippen LogP contribution in [-0.4, -0.2) is 27.0 Å². The molecule has 0 aromatic rings. The smallest absolute Gasteiger partial charge is 0.0935 e. The quantitative estimate of drug-likeness (QED) is 0.620. The highest BCUT2D eigenvalue weighted by atomic mass is 16.4. The molecule has 0 saturated heterocycles. The molecular weight excluding hydrogens is 190 g/mol. The summed E-state index contributed by atoms with van der Waals surface area (Å²) < 4.78 is 0. The van der Waals surface area contributed by atoms with E-state index in [0.717, 1.165) is 38.5 Å². The van der Waals surface area contributed by atoms with Crippen molar-refractivity contribution < 1.29 is 10.2 Å². The van der Waals surface area contributed by atoms with Gasteiger partial charge in [0.25, 0.3) is 0 Å². The lowest BCUT2D eigenvalue weighted by Gasteiger charge is -2.31. The maximum atomic E-state index is 10.2. The van der Waals surface area contributed by atoms with E-state index in [9.17, 15) is 10.2 Å². The third-order valence-electron chi connectivity index (χ3n) is 4.50. The highest BCUT2D eigenvalue weighted by Crippen LogP contribution is 2.82. The van der Waals surface area contributed by atoms with Crippen LogP contribution < -0.4 is 5.73 Å². The van der Waals surface area contributed by atoms with Crippen LogP contribution in [0.4, 0.5) is 0 Å². The second-order valence-corrected chi connectivity index (χ2v) is 5.36. The lowest BCUT2D eigenvalue weighted by atomic mass is 9.86. The van der Waals surface area contributed by atoms with Gasteiger partial charge in [-0.2, -0.15) is 0 Å². The highest BCUT2D eigenvalue weighted by molar-refractivity contribution is 5.55. The molecule has 88 valence electrons. The number of unbranched alkanes of at least 4 members (excludes halogenated alkanes) is 2. The van der Waals surface area contributed by atoms with E-state index in [0.29, 0.717) is 0 Å². The lowest BCUT2D eigenvalue weighted by molar-refractivity contribution is -0.0544. The zero-order valence-electron chi connectivity index (χ0n) is 9.79. The molecule has 3 nitrogen and oxygen atoms in total. The van der Waals surface area contributed by atoms with E-state index in [1.54, 1.807) is 0 Å². The zero-order chi connectivity index (χ0) is 11.3. The summed E-state index contributed by atoms with van der Waals surface area (Å²) in [6, 6.07) is 0. The number of aliphatic hydroxyl groups is 2. The van der Waals surface area contributed by atoms with Crippen molar-refractivity contribution in [2.24, 2.45) is 11.7 Å². The Kier molecular flexibility index (Phi) is 2.42. The molecule has 2 unspecified atom stereocenters. The highest BCUT2D eigenvalue weighted by Gasteiger charge is 3.01. The van der Waals surface area contributed by atoms with Crippen LogP contribution in [0.3, 0.4) is 0 Å². The Morgan fingerprint density at radius 1 is 1.00 bits per heavy atom. The average Bonchev–Trinajstić information content (AvgIpc) is 2.94. The van der Waals surface area contributed by atoms with Gasteiger partial charge in [-0.25, -0.2) is 0 Å². The van der Waals surface area contributed by atoms with Gasteiger partial charge >= 0.3 is 0 Å². The van der Waals surface area contributed by atoms with Crippen LogP contribution in [-0.2, 0) is 0 Å². The van der Waals surface area contributed by atoms with E-state index >= 15 is 0 Å². The Labute approximate surface area is 91.7 Å². The van der Waals surface area contributed by atoms with Gasteiger partial charge in [0, 0.05) is 5.92 Å². The molecule has 2 rings (SSSR count). The number of fused-ring (bicyclic) bond motifs is 1. The molecule has 0 bridgehead atoms. The van der Waals surface area contributed by atoms with Gasteiger partial charge in [0.2, 0.25) is 0 Å². The van der Waals surface area contributed by atoms with Crippen LogP contribution in [0.5, 0.6) is 0 Å². The van der Waals surface area contributed by atoms with Crippen LogP contribution in [0.15, 0.2) is 0 Å². The Balaban J connectivity index is 1.89. The Morgan fingerprint density at radius 3 is 1.60 bits per heavy atom. The maximum absolute atomic E-state index is 10.2. The number of nitrogens with two attached hydrogens (primary N) is 1. The molecule has 2 aliphatic rings. The van der Waals surface area contributed by atoms with Crippen molar-refractivity contribution in [1.29, 1.82) is 0 Å². The van der Waals surface area contributed by atoms with Crippen LogP contribution >= 0.6 is 0 Å². The molecular formula is C12H23NO2. The lowest BCUT2D eigenvalue weighted by Crippen LogP contribution is -2.50.